The van der Waals surface area contributed by atoms with E-state index in [4.69, 9.17) is 0 Å². The van der Waals surface area contributed by atoms with Crippen LogP contribution in [-0.4, -0.2) is 12.2 Å². The highest BCUT2D eigenvalue weighted by molar-refractivity contribution is 5.74. The van der Waals surface area contributed by atoms with Crippen molar-refractivity contribution >= 4 is 11.4 Å². The summed E-state index contributed by atoms with van der Waals surface area (Å²) in [6.45, 7) is 0. The zero-order valence-corrected chi connectivity index (χ0v) is 13.4. The van der Waals surface area contributed by atoms with Crippen molar-refractivity contribution in [1.82, 2.24) is 0 Å². The van der Waals surface area contributed by atoms with Gasteiger partial charge in [0.25, 0.3) is 0 Å². The fourth-order valence-corrected chi connectivity index (χ4v) is 2.68. The largest absolute Gasteiger partial charge is 0.505 e. The second-order valence-electron chi connectivity index (χ2n) is 5.56. The van der Waals surface area contributed by atoms with Gasteiger partial charge in [-0.05, 0) is 42.0 Å². The molecule has 7 heteroatoms. The number of hydrogen-bond donors (Lipinski definition) is 1. The third kappa shape index (κ3) is 2.96. The minimum Gasteiger partial charge on any atom is -0.505 e. The molecule has 0 spiro atoms. The first-order valence-electron chi connectivity index (χ1n) is 7.46. The number of phenols is 1. The van der Waals surface area contributed by atoms with E-state index in [1.54, 1.807) is 0 Å². The van der Waals surface area contributed by atoms with E-state index in [2.05, 4.69) is 0 Å². The lowest BCUT2D eigenvalue weighted by Crippen LogP contribution is -2.17. The van der Waals surface area contributed by atoms with E-state index in [0.717, 1.165) is 43.4 Å². The predicted molar refractivity (Wildman–Crippen MR) is 87.8 cm³/mol. The van der Waals surface area contributed by atoms with Gasteiger partial charge in [-0.15, -0.1) is 0 Å². The van der Waals surface area contributed by atoms with Gasteiger partial charge in [-0.1, -0.05) is 12.1 Å². The van der Waals surface area contributed by atoms with Gasteiger partial charge < -0.3 is 10.0 Å². The maximum atomic E-state index is 14.9. The van der Waals surface area contributed by atoms with Crippen molar-refractivity contribution in [2.75, 3.05) is 11.9 Å². The summed E-state index contributed by atoms with van der Waals surface area (Å²) in [7, 11) is 1.05. The second kappa shape index (κ2) is 6.67. The number of aromatic hydroxyl groups is 1. The third-order valence-corrected chi connectivity index (χ3v) is 3.92. The van der Waals surface area contributed by atoms with Gasteiger partial charge >= 0.3 is 0 Å². The molecular weight excluding hydrogens is 353 g/mol. The van der Waals surface area contributed by atoms with Gasteiger partial charge in [0.2, 0.25) is 0 Å². The molecule has 0 heterocycles. The molecule has 0 bridgehead atoms. The maximum Gasteiger partial charge on any atom is 0.191 e. The topological polar surface area (TPSA) is 23.5 Å². The highest BCUT2D eigenvalue weighted by atomic mass is 19.1. The number of phenolic OH excluding ortho intramolecular Hbond substituents is 1. The van der Waals surface area contributed by atoms with Crippen molar-refractivity contribution in [3.8, 4) is 16.9 Å². The van der Waals surface area contributed by atoms with E-state index in [9.17, 15) is 27.1 Å². The summed E-state index contributed by atoms with van der Waals surface area (Å²) in [6, 6.07) is 8.56. The number of rotatable bonds is 3. The fourth-order valence-electron chi connectivity index (χ4n) is 2.68. The van der Waals surface area contributed by atoms with Crippen LogP contribution in [0.25, 0.3) is 11.1 Å². The molecule has 0 saturated heterocycles. The van der Waals surface area contributed by atoms with Gasteiger partial charge in [0.05, 0.1) is 0 Å². The molecule has 1 N–H and O–H groups in total. The molecule has 0 unspecified atom stereocenters. The molecule has 0 aromatic heterocycles. The van der Waals surface area contributed by atoms with E-state index in [0.29, 0.717) is 4.90 Å². The first-order chi connectivity index (χ1) is 12.3. The Balaban J connectivity index is 2.20. The van der Waals surface area contributed by atoms with Gasteiger partial charge in [0.15, 0.2) is 17.4 Å². The number of nitrogens with zero attached hydrogens (tertiary/aromatic N) is 1. The molecule has 0 atom stereocenters. The average molecular weight is 365 g/mol. The molecule has 134 valence electrons. The van der Waals surface area contributed by atoms with E-state index in [-0.39, 0.29) is 11.1 Å². The molecule has 0 aliphatic carbocycles. The molecule has 3 aromatic carbocycles. The maximum absolute atomic E-state index is 14.9. The van der Waals surface area contributed by atoms with E-state index < -0.39 is 46.2 Å². The first kappa shape index (κ1) is 17.7. The van der Waals surface area contributed by atoms with Crippen LogP contribution < -0.4 is 4.90 Å². The third-order valence-electron chi connectivity index (χ3n) is 3.92. The van der Waals surface area contributed by atoms with Crippen molar-refractivity contribution < 1.29 is 27.1 Å². The van der Waals surface area contributed by atoms with Crippen LogP contribution in [0.1, 0.15) is 0 Å². The molecule has 3 aromatic rings. The molecule has 0 radical (unpaired) electrons. The van der Waals surface area contributed by atoms with Gasteiger partial charge in [-0.2, -0.15) is 0 Å². The van der Waals surface area contributed by atoms with Crippen LogP contribution in [0, 0.1) is 29.1 Å². The van der Waals surface area contributed by atoms with Crippen molar-refractivity contribution in [2.45, 2.75) is 0 Å². The highest BCUT2D eigenvalue weighted by Gasteiger charge is 2.25. The Morgan fingerprint density at radius 1 is 0.769 bits per heavy atom. The first-order valence-corrected chi connectivity index (χ1v) is 7.46. The standard InChI is InChI=1S/C19H12F5NO/c1-25(19-14(22)7-8-15(26)17(19)24)18-13(21)6-5-12(16(18)23)10-3-2-4-11(20)9-10/h2-9,26H,1H3. The minimum atomic E-state index is -1.36. The molecule has 0 saturated carbocycles. The molecule has 0 fully saturated rings. The monoisotopic (exact) mass is 365 g/mol. The Hall–Kier alpha value is -3.09. The zero-order valence-electron chi connectivity index (χ0n) is 13.4. The van der Waals surface area contributed by atoms with E-state index in [1.165, 1.54) is 12.1 Å². The number of hydrogen-bond acceptors (Lipinski definition) is 2. The van der Waals surface area contributed by atoms with Gasteiger partial charge in [-0.25, -0.2) is 22.0 Å². The summed E-state index contributed by atoms with van der Waals surface area (Å²) in [6.07, 6.45) is 0. The Kier molecular flexibility index (Phi) is 4.54. The average Bonchev–Trinajstić information content (AvgIpc) is 2.58. The molecule has 2 nitrogen and oxygen atoms in total. The summed E-state index contributed by atoms with van der Waals surface area (Å²) in [5.74, 6) is -6.16. The van der Waals surface area contributed by atoms with Crippen LogP contribution in [-0.2, 0) is 0 Å². The molecule has 3 rings (SSSR count). The molecule has 0 amide bonds. The van der Waals surface area contributed by atoms with Crippen LogP contribution in [0.4, 0.5) is 33.3 Å². The van der Waals surface area contributed by atoms with Crippen LogP contribution in [0.3, 0.4) is 0 Å². The lowest BCUT2D eigenvalue weighted by molar-refractivity contribution is 0.428. The highest BCUT2D eigenvalue weighted by Crippen LogP contribution is 2.38. The summed E-state index contributed by atoms with van der Waals surface area (Å²) < 4.78 is 70.7. The number of anilines is 2. The van der Waals surface area contributed by atoms with Crippen molar-refractivity contribution in [3.63, 3.8) is 0 Å². The predicted octanol–water partition coefficient (Wildman–Crippen LogP) is 5.52. The van der Waals surface area contributed by atoms with Crippen molar-refractivity contribution in [3.05, 3.63) is 77.6 Å². The summed E-state index contributed by atoms with van der Waals surface area (Å²) in [5, 5.41) is 9.42. The van der Waals surface area contributed by atoms with E-state index in [1.807, 2.05) is 0 Å². The normalized spacial score (nSPS) is 10.8. The smallest absolute Gasteiger partial charge is 0.191 e. The van der Waals surface area contributed by atoms with Crippen LogP contribution >= 0.6 is 0 Å². The van der Waals surface area contributed by atoms with Crippen molar-refractivity contribution in [2.24, 2.45) is 0 Å². The molecule has 0 aliphatic rings. The quantitative estimate of drug-likeness (QED) is 0.618. The number of benzene rings is 3. The molecule has 0 aliphatic heterocycles. The second-order valence-corrected chi connectivity index (χ2v) is 5.56. The molecular formula is C19H12F5NO. The summed E-state index contributed by atoms with van der Waals surface area (Å²) in [4.78, 5) is 0.623. The zero-order chi connectivity index (χ0) is 19.0. The van der Waals surface area contributed by atoms with Crippen LogP contribution in [0.15, 0.2) is 48.5 Å². The van der Waals surface area contributed by atoms with Gasteiger partial charge in [0, 0.05) is 12.6 Å². The SMILES string of the molecule is CN(c1c(F)ccc(O)c1F)c1c(F)ccc(-c2cccc(F)c2)c1F. The van der Waals surface area contributed by atoms with Gasteiger partial charge in [0.1, 0.15) is 28.8 Å². The molecule has 26 heavy (non-hydrogen) atoms. The lowest BCUT2D eigenvalue weighted by atomic mass is 10.0. The minimum absolute atomic E-state index is 0.133. The number of halogens is 5. The van der Waals surface area contributed by atoms with Crippen molar-refractivity contribution in [1.29, 1.82) is 0 Å². The van der Waals surface area contributed by atoms with Crippen LogP contribution in [0.5, 0.6) is 5.75 Å². The Morgan fingerprint density at radius 2 is 1.38 bits per heavy atom. The summed E-state index contributed by atoms with van der Waals surface area (Å²) >= 11 is 0. The lowest BCUT2D eigenvalue weighted by Gasteiger charge is -2.23. The Morgan fingerprint density at radius 3 is 2.04 bits per heavy atom. The van der Waals surface area contributed by atoms with Crippen LogP contribution in [0.2, 0.25) is 0 Å². The van der Waals surface area contributed by atoms with E-state index >= 15 is 0 Å². The Bertz CT molecular complexity index is 990. The Labute approximate surface area is 145 Å². The summed E-state index contributed by atoms with van der Waals surface area (Å²) in [5.41, 5.74) is -1.57. The van der Waals surface area contributed by atoms with Gasteiger partial charge in [-0.3, -0.25) is 0 Å². The fraction of sp³-hybridized carbons (Fsp3) is 0.0526.